The van der Waals surface area contributed by atoms with E-state index in [-0.39, 0.29) is 0 Å². The van der Waals surface area contributed by atoms with Crippen LogP contribution in [0.1, 0.15) is 38.1 Å². The van der Waals surface area contributed by atoms with Crippen LogP contribution >= 0.6 is 0 Å². The van der Waals surface area contributed by atoms with Crippen LogP contribution in [-0.2, 0) is 6.42 Å². The van der Waals surface area contributed by atoms with Crippen molar-refractivity contribution >= 4 is 11.0 Å². The molecule has 0 saturated carbocycles. The Hall–Kier alpha value is -1.51. The minimum Gasteiger partial charge on any atom is -0.494 e. The number of rotatable bonds is 3. The minimum absolute atomic E-state index is 0.404. The van der Waals surface area contributed by atoms with Gasteiger partial charge in [-0.05, 0) is 18.1 Å². The number of nitrogens with zero attached hydrogens (tertiary/aromatic N) is 1. The average Bonchev–Trinajstić information content (AvgIpc) is 2.72. The monoisotopic (exact) mass is 218 g/mol. The maximum atomic E-state index is 5.35. The first-order chi connectivity index (χ1) is 7.67. The Morgan fingerprint density at radius 2 is 2.12 bits per heavy atom. The second kappa shape index (κ2) is 4.16. The molecule has 0 bridgehead atoms. The lowest BCUT2D eigenvalue weighted by Crippen LogP contribution is -1.88. The van der Waals surface area contributed by atoms with E-state index in [1.54, 1.807) is 7.11 Å². The molecule has 0 amide bonds. The lowest BCUT2D eigenvalue weighted by atomic mass is 10.1. The maximum absolute atomic E-state index is 5.35. The Balaban J connectivity index is 2.70. The predicted molar refractivity (Wildman–Crippen MR) is 66.1 cm³/mol. The van der Waals surface area contributed by atoms with Crippen molar-refractivity contribution in [2.24, 2.45) is 0 Å². The van der Waals surface area contributed by atoms with Gasteiger partial charge in [-0.2, -0.15) is 0 Å². The number of benzene rings is 1. The first-order valence-electron chi connectivity index (χ1n) is 5.72. The summed E-state index contributed by atoms with van der Waals surface area (Å²) in [6.07, 6.45) is 0.989. The number of fused-ring (bicyclic) bond motifs is 1. The summed E-state index contributed by atoms with van der Waals surface area (Å²) in [7, 11) is 1.69. The molecule has 3 heteroatoms. The van der Waals surface area contributed by atoms with Gasteiger partial charge < -0.3 is 9.72 Å². The van der Waals surface area contributed by atoms with E-state index in [0.717, 1.165) is 29.0 Å². The van der Waals surface area contributed by atoms with Gasteiger partial charge in [-0.25, -0.2) is 4.98 Å². The third kappa shape index (κ3) is 1.66. The fraction of sp³-hybridized carbons (Fsp3) is 0.462. The Kier molecular flexibility index (Phi) is 2.86. The number of ether oxygens (including phenoxy) is 1. The van der Waals surface area contributed by atoms with E-state index in [2.05, 4.69) is 36.8 Å². The fourth-order valence-electron chi connectivity index (χ4n) is 1.87. The Labute approximate surface area is 95.8 Å². The third-order valence-corrected chi connectivity index (χ3v) is 2.86. The smallest absolute Gasteiger partial charge is 0.144 e. The lowest BCUT2D eigenvalue weighted by Gasteiger charge is -2.03. The van der Waals surface area contributed by atoms with Crippen molar-refractivity contribution < 1.29 is 4.74 Å². The summed E-state index contributed by atoms with van der Waals surface area (Å²) in [5.41, 5.74) is 3.33. The second-order valence-electron chi connectivity index (χ2n) is 4.28. The SMILES string of the molecule is CCc1ccc(OC)c2[nH]c(C(C)C)nc12. The zero-order valence-electron chi connectivity index (χ0n) is 10.3. The van der Waals surface area contributed by atoms with Crippen molar-refractivity contribution in [1.29, 1.82) is 0 Å². The van der Waals surface area contributed by atoms with Gasteiger partial charge in [0.05, 0.1) is 12.6 Å². The number of nitrogens with one attached hydrogen (secondary N) is 1. The molecule has 1 heterocycles. The lowest BCUT2D eigenvalue weighted by molar-refractivity contribution is 0.419. The molecule has 86 valence electrons. The standard InChI is InChI=1S/C13H18N2O/c1-5-9-6-7-10(16-4)12-11(9)14-13(15-12)8(2)3/h6-8H,5H2,1-4H3,(H,14,15). The van der Waals surface area contributed by atoms with Gasteiger partial charge in [0, 0.05) is 5.92 Å². The van der Waals surface area contributed by atoms with Crippen LogP contribution in [0.4, 0.5) is 0 Å². The Morgan fingerprint density at radius 3 is 2.69 bits per heavy atom. The summed E-state index contributed by atoms with van der Waals surface area (Å²) in [6, 6.07) is 4.09. The molecule has 0 aliphatic heterocycles. The number of methoxy groups -OCH3 is 1. The number of aromatic amines is 1. The van der Waals surface area contributed by atoms with Crippen molar-refractivity contribution in [2.45, 2.75) is 33.1 Å². The second-order valence-corrected chi connectivity index (χ2v) is 4.28. The first-order valence-corrected chi connectivity index (χ1v) is 5.72. The molecule has 1 aromatic carbocycles. The van der Waals surface area contributed by atoms with E-state index in [1.165, 1.54) is 5.56 Å². The third-order valence-electron chi connectivity index (χ3n) is 2.86. The van der Waals surface area contributed by atoms with E-state index in [4.69, 9.17) is 4.74 Å². The van der Waals surface area contributed by atoms with Gasteiger partial charge >= 0.3 is 0 Å². The molecule has 1 aromatic heterocycles. The average molecular weight is 218 g/mol. The number of hydrogen-bond acceptors (Lipinski definition) is 2. The van der Waals surface area contributed by atoms with Crippen LogP contribution < -0.4 is 4.74 Å². The van der Waals surface area contributed by atoms with Crippen molar-refractivity contribution in [3.05, 3.63) is 23.5 Å². The highest BCUT2D eigenvalue weighted by atomic mass is 16.5. The number of aromatic nitrogens is 2. The van der Waals surface area contributed by atoms with Crippen LogP contribution in [-0.4, -0.2) is 17.1 Å². The number of H-pyrrole nitrogens is 1. The van der Waals surface area contributed by atoms with Crippen molar-refractivity contribution in [3.8, 4) is 5.75 Å². The molecule has 0 unspecified atom stereocenters. The largest absolute Gasteiger partial charge is 0.494 e. The summed E-state index contributed by atoms with van der Waals surface area (Å²) in [5, 5.41) is 0. The van der Waals surface area contributed by atoms with Crippen LogP contribution in [0.15, 0.2) is 12.1 Å². The number of hydrogen-bond donors (Lipinski definition) is 1. The summed E-state index contributed by atoms with van der Waals surface area (Å²) in [5.74, 6) is 2.29. The molecule has 0 saturated heterocycles. The van der Waals surface area contributed by atoms with Gasteiger partial charge in [-0.15, -0.1) is 0 Å². The van der Waals surface area contributed by atoms with Crippen molar-refractivity contribution in [1.82, 2.24) is 9.97 Å². The van der Waals surface area contributed by atoms with Crippen molar-refractivity contribution in [3.63, 3.8) is 0 Å². The first kappa shape index (κ1) is 11.0. The van der Waals surface area contributed by atoms with Crippen LogP contribution in [0.25, 0.3) is 11.0 Å². The highest BCUT2D eigenvalue weighted by Gasteiger charge is 2.12. The van der Waals surface area contributed by atoms with Crippen LogP contribution in [0.3, 0.4) is 0 Å². The Morgan fingerprint density at radius 1 is 1.38 bits per heavy atom. The molecule has 2 aromatic rings. The normalized spacial score (nSPS) is 11.3. The molecule has 16 heavy (non-hydrogen) atoms. The van der Waals surface area contributed by atoms with Gasteiger partial charge in [0.2, 0.25) is 0 Å². The van der Waals surface area contributed by atoms with Crippen LogP contribution in [0.5, 0.6) is 5.75 Å². The highest BCUT2D eigenvalue weighted by Crippen LogP contribution is 2.28. The molecule has 0 spiro atoms. The quantitative estimate of drug-likeness (QED) is 0.858. The van der Waals surface area contributed by atoms with Crippen molar-refractivity contribution in [2.75, 3.05) is 7.11 Å². The van der Waals surface area contributed by atoms with Gasteiger partial charge in [0.25, 0.3) is 0 Å². The molecule has 3 nitrogen and oxygen atoms in total. The molecule has 0 atom stereocenters. The summed E-state index contributed by atoms with van der Waals surface area (Å²) in [4.78, 5) is 8.01. The molecule has 0 radical (unpaired) electrons. The summed E-state index contributed by atoms with van der Waals surface area (Å²) in [6.45, 7) is 6.41. The van der Waals surface area contributed by atoms with Gasteiger partial charge in [0.15, 0.2) is 0 Å². The van der Waals surface area contributed by atoms with E-state index in [0.29, 0.717) is 5.92 Å². The van der Waals surface area contributed by atoms with E-state index >= 15 is 0 Å². The molecule has 0 aliphatic carbocycles. The number of imidazole rings is 1. The van der Waals surface area contributed by atoms with Gasteiger partial charge in [-0.3, -0.25) is 0 Å². The topological polar surface area (TPSA) is 37.9 Å². The van der Waals surface area contributed by atoms with Crippen LogP contribution in [0, 0.1) is 0 Å². The molecular formula is C13H18N2O. The maximum Gasteiger partial charge on any atom is 0.144 e. The van der Waals surface area contributed by atoms with Gasteiger partial charge in [0.1, 0.15) is 17.1 Å². The molecule has 0 aliphatic rings. The fourth-order valence-corrected chi connectivity index (χ4v) is 1.87. The van der Waals surface area contributed by atoms with Gasteiger partial charge in [-0.1, -0.05) is 26.8 Å². The van der Waals surface area contributed by atoms with E-state index < -0.39 is 0 Å². The Bertz CT molecular complexity index is 459. The minimum atomic E-state index is 0.404. The zero-order valence-corrected chi connectivity index (χ0v) is 10.3. The molecule has 1 N–H and O–H groups in total. The predicted octanol–water partition coefficient (Wildman–Crippen LogP) is 3.26. The van der Waals surface area contributed by atoms with E-state index in [1.807, 2.05) is 6.07 Å². The summed E-state index contributed by atoms with van der Waals surface area (Å²) < 4.78 is 5.35. The molecular weight excluding hydrogens is 200 g/mol. The highest BCUT2D eigenvalue weighted by molar-refractivity contribution is 5.85. The molecule has 0 fully saturated rings. The number of aryl methyl sites for hydroxylation is 1. The zero-order chi connectivity index (χ0) is 11.7. The molecule has 2 rings (SSSR count). The van der Waals surface area contributed by atoms with Crippen LogP contribution in [0.2, 0.25) is 0 Å². The van der Waals surface area contributed by atoms with E-state index in [9.17, 15) is 0 Å². The summed E-state index contributed by atoms with van der Waals surface area (Å²) >= 11 is 0.